The summed E-state index contributed by atoms with van der Waals surface area (Å²) in [5.41, 5.74) is 1.96. The van der Waals surface area contributed by atoms with Crippen LogP contribution >= 0.6 is 39.0 Å². The first-order valence-electron chi connectivity index (χ1n) is 8.33. The van der Waals surface area contributed by atoms with Gasteiger partial charge in [0.15, 0.2) is 5.13 Å². The number of aromatic nitrogens is 1. The highest BCUT2D eigenvalue weighted by Gasteiger charge is 2.14. The number of thiazole rings is 1. The molecule has 1 fully saturated rings. The maximum Gasteiger partial charge on any atom is 0.226 e. The van der Waals surface area contributed by atoms with Crippen LogP contribution in [0.3, 0.4) is 0 Å². The quantitative estimate of drug-likeness (QED) is 0.620. The molecule has 128 valence electrons. The van der Waals surface area contributed by atoms with Crippen LogP contribution < -0.4 is 5.32 Å². The maximum absolute atomic E-state index is 12.1. The molecule has 0 spiro atoms. The lowest BCUT2D eigenvalue weighted by Crippen LogP contribution is -2.14. The molecular weight excluding hydrogens is 404 g/mol. The molecule has 1 N–H and O–H groups in total. The molecule has 0 unspecified atom stereocenters. The van der Waals surface area contributed by atoms with Crippen LogP contribution in [0.4, 0.5) is 5.13 Å². The molecule has 0 aliphatic heterocycles. The van der Waals surface area contributed by atoms with Crippen LogP contribution in [0.15, 0.2) is 34.1 Å². The largest absolute Gasteiger partial charge is 0.302 e. The van der Waals surface area contributed by atoms with Crippen LogP contribution in [0.5, 0.6) is 0 Å². The van der Waals surface area contributed by atoms with Crippen molar-refractivity contribution in [1.82, 2.24) is 4.98 Å². The predicted octanol–water partition coefficient (Wildman–Crippen LogP) is 5.97. The third kappa shape index (κ3) is 5.33. The standard InChI is InChI=1S/C18H21BrN2OS2/c19-14-8-6-13(7-9-14)16-12-24-18(20-16)21-17(22)10-11-23-15-4-2-1-3-5-15/h6-9,12,15H,1-5,10-11H2,(H,20,21,22). The van der Waals surface area contributed by atoms with E-state index in [9.17, 15) is 4.79 Å². The third-order valence-electron chi connectivity index (χ3n) is 4.13. The molecule has 2 aromatic rings. The summed E-state index contributed by atoms with van der Waals surface area (Å²) in [4.78, 5) is 16.6. The SMILES string of the molecule is O=C(CCSC1CCCCC1)Nc1nc(-c2ccc(Br)cc2)cs1. The molecule has 1 aliphatic rings. The molecule has 1 heterocycles. The number of thioether (sulfide) groups is 1. The number of benzene rings is 1. The molecule has 3 rings (SSSR count). The Morgan fingerprint density at radius 3 is 2.75 bits per heavy atom. The van der Waals surface area contributed by atoms with Crippen LogP contribution in [0.2, 0.25) is 0 Å². The zero-order valence-corrected chi connectivity index (χ0v) is 16.7. The van der Waals surface area contributed by atoms with Gasteiger partial charge in [0, 0.05) is 32.8 Å². The summed E-state index contributed by atoms with van der Waals surface area (Å²) >= 11 is 6.87. The minimum absolute atomic E-state index is 0.0648. The molecule has 1 saturated carbocycles. The molecule has 3 nitrogen and oxygen atoms in total. The second-order valence-corrected chi connectivity index (χ2v) is 9.16. The number of hydrogen-bond donors (Lipinski definition) is 1. The normalized spacial score (nSPS) is 15.4. The van der Waals surface area contributed by atoms with Crippen molar-refractivity contribution in [2.24, 2.45) is 0 Å². The Kier molecular flexibility index (Phi) is 6.75. The molecular formula is C18H21BrN2OS2. The van der Waals surface area contributed by atoms with Crippen LogP contribution in [-0.2, 0) is 4.79 Å². The van der Waals surface area contributed by atoms with Gasteiger partial charge in [0.25, 0.3) is 0 Å². The lowest BCUT2D eigenvalue weighted by atomic mass is 10.0. The van der Waals surface area contributed by atoms with Crippen LogP contribution in [0.1, 0.15) is 38.5 Å². The summed E-state index contributed by atoms with van der Waals surface area (Å²) in [5, 5.41) is 6.35. The van der Waals surface area contributed by atoms with E-state index >= 15 is 0 Å². The van der Waals surface area contributed by atoms with Gasteiger partial charge in [-0.25, -0.2) is 4.98 Å². The third-order valence-corrected chi connectivity index (χ3v) is 6.79. The van der Waals surface area contributed by atoms with Gasteiger partial charge in [-0.3, -0.25) is 4.79 Å². The molecule has 1 amide bonds. The summed E-state index contributed by atoms with van der Waals surface area (Å²) in [6, 6.07) is 8.03. The number of halogens is 1. The fourth-order valence-corrected chi connectivity index (χ4v) is 5.12. The molecule has 6 heteroatoms. The van der Waals surface area contributed by atoms with Crippen LogP contribution in [-0.4, -0.2) is 21.9 Å². The first-order chi connectivity index (χ1) is 11.7. The van der Waals surface area contributed by atoms with Crippen LogP contribution in [0.25, 0.3) is 11.3 Å². The van der Waals surface area contributed by atoms with Gasteiger partial charge >= 0.3 is 0 Å². The van der Waals surface area contributed by atoms with E-state index in [1.807, 2.05) is 41.4 Å². The van der Waals surface area contributed by atoms with Crippen molar-refractivity contribution in [3.63, 3.8) is 0 Å². The number of carbonyl (C=O) groups excluding carboxylic acids is 1. The number of rotatable bonds is 6. The Morgan fingerprint density at radius 2 is 2.00 bits per heavy atom. The molecule has 24 heavy (non-hydrogen) atoms. The Balaban J connectivity index is 1.45. The number of anilines is 1. The summed E-state index contributed by atoms with van der Waals surface area (Å²) in [6.07, 6.45) is 7.27. The van der Waals surface area contributed by atoms with E-state index in [1.54, 1.807) is 0 Å². The Labute approximate surface area is 159 Å². The van der Waals surface area contributed by atoms with Gasteiger partial charge in [0.05, 0.1) is 5.69 Å². The number of amides is 1. The van der Waals surface area contributed by atoms with E-state index in [0.29, 0.717) is 11.6 Å². The van der Waals surface area contributed by atoms with Gasteiger partial charge in [-0.05, 0) is 25.0 Å². The zero-order chi connectivity index (χ0) is 16.8. The topological polar surface area (TPSA) is 42.0 Å². The minimum Gasteiger partial charge on any atom is -0.302 e. The lowest BCUT2D eigenvalue weighted by molar-refractivity contribution is -0.115. The van der Waals surface area contributed by atoms with E-state index in [1.165, 1.54) is 43.4 Å². The monoisotopic (exact) mass is 424 g/mol. The molecule has 1 aromatic heterocycles. The number of hydrogen-bond acceptors (Lipinski definition) is 4. The Bertz CT molecular complexity index is 666. The first kappa shape index (κ1) is 18.0. The van der Waals surface area contributed by atoms with E-state index in [0.717, 1.165) is 26.7 Å². The molecule has 0 saturated heterocycles. The van der Waals surface area contributed by atoms with Crippen molar-refractivity contribution in [2.45, 2.75) is 43.8 Å². The Morgan fingerprint density at radius 1 is 1.25 bits per heavy atom. The van der Waals surface area contributed by atoms with Crippen molar-refractivity contribution >= 4 is 50.1 Å². The van der Waals surface area contributed by atoms with Crippen molar-refractivity contribution < 1.29 is 4.79 Å². The number of nitrogens with zero attached hydrogens (tertiary/aromatic N) is 1. The number of carbonyl (C=O) groups is 1. The van der Waals surface area contributed by atoms with Gasteiger partial charge in [-0.15, -0.1) is 11.3 Å². The van der Waals surface area contributed by atoms with Crippen molar-refractivity contribution in [1.29, 1.82) is 0 Å². The van der Waals surface area contributed by atoms with E-state index in [-0.39, 0.29) is 5.91 Å². The highest BCUT2D eigenvalue weighted by Crippen LogP contribution is 2.29. The van der Waals surface area contributed by atoms with Gasteiger partial charge in [0.2, 0.25) is 5.91 Å². The maximum atomic E-state index is 12.1. The summed E-state index contributed by atoms with van der Waals surface area (Å²) in [6.45, 7) is 0. The summed E-state index contributed by atoms with van der Waals surface area (Å²) < 4.78 is 1.05. The molecule has 0 atom stereocenters. The number of nitrogens with one attached hydrogen (secondary N) is 1. The van der Waals surface area contributed by atoms with Gasteiger partial charge < -0.3 is 5.32 Å². The lowest BCUT2D eigenvalue weighted by Gasteiger charge is -2.20. The van der Waals surface area contributed by atoms with Crippen LogP contribution in [0, 0.1) is 0 Å². The van der Waals surface area contributed by atoms with Gasteiger partial charge in [-0.1, -0.05) is 47.3 Å². The molecule has 0 radical (unpaired) electrons. The zero-order valence-electron chi connectivity index (χ0n) is 13.5. The predicted molar refractivity (Wildman–Crippen MR) is 108 cm³/mol. The molecule has 0 bridgehead atoms. The highest BCUT2D eigenvalue weighted by atomic mass is 79.9. The van der Waals surface area contributed by atoms with Gasteiger partial charge in [0.1, 0.15) is 0 Å². The van der Waals surface area contributed by atoms with E-state index in [2.05, 4.69) is 26.2 Å². The second kappa shape index (κ2) is 9.02. The summed E-state index contributed by atoms with van der Waals surface area (Å²) in [7, 11) is 0. The van der Waals surface area contributed by atoms with Crippen molar-refractivity contribution in [3.8, 4) is 11.3 Å². The minimum atomic E-state index is 0.0648. The van der Waals surface area contributed by atoms with E-state index in [4.69, 9.17) is 0 Å². The van der Waals surface area contributed by atoms with Gasteiger partial charge in [-0.2, -0.15) is 11.8 Å². The van der Waals surface area contributed by atoms with Crippen molar-refractivity contribution in [3.05, 3.63) is 34.1 Å². The fourth-order valence-electron chi connectivity index (χ4n) is 2.82. The Hall–Kier alpha value is -0.850. The average Bonchev–Trinajstić information content (AvgIpc) is 3.05. The van der Waals surface area contributed by atoms with E-state index < -0.39 is 0 Å². The second-order valence-electron chi connectivity index (χ2n) is 5.97. The smallest absolute Gasteiger partial charge is 0.226 e. The molecule has 1 aliphatic carbocycles. The molecule has 1 aromatic carbocycles. The average molecular weight is 425 g/mol. The highest BCUT2D eigenvalue weighted by molar-refractivity contribution is 9.10. The first-order valence-corrected chi connectivity index (χ1v) is 11.1. The van der Waals surface area contributed by atoms with Crippen molar-refractivity contribution in [2.75, 3.05) is 11.1 Å². The fraction of sp³-hybridized carbons (Fsp3) is 0.444. The summed E-state index contributed by atoms with van der Waals surface area (Å²) in [5.74, 6) is 0.969.